The third kappa shape index (κ3) is 3.77. The maximum atomic E-state index is 14.3. The second-order valence-corrected chi connectivity index (χ2v) is 5.23. The van der Waals surface area contributed by atoms with E-state index in [0.29, 0.717) is 11.1 Å². The van der Waals surface area contributed by atoms with Crippen molar-refractivity contribution in [2.45, 2.75) is 13.0 Å². The number of phenols is 1. The molecule has 3 rings (SSSR count). The minimum atomic E-state index is -0.919. The number of amides is 1. The number of benzene rings is 1. The SMILES string of the molecule is C[C@@H](COc1cnc(-c2nc3ccc(O)cc3o2)c(F)c1)OC(N)=O. The zero-order valence-electron chi connectivity index (χ0n) is 13.1. The number of oxazole rings is 1. The number of nitrogens with two attached hydrogens (primary N) is 1. The summed E-state index contributed by atoms with van der Waals surface area (Å²) < 4.78 is 29.7. The maximum absolute atomic E-state index is 14.3. The second kappa shape index (κ2) is 6.63. The molecular weight excluding hydrogens is 333 g/mol. The van der Waals surface area contributed by atoms with E-state index in [1.807, 2.05) is 0 Å². The molecule has 130 valence electrons. The molecule has 0 aliphatic rings. The highest BCUT2D eigenvalue weighted by Crippen LogP contribution is 2.28. The molecule has 0 radical (unpaired) electrons. The molecule has 2 heterocycles. The van der Waals surface area contributed by atoms with Crippen molar-refractivity contribution in [1.82, 2.24) is 9.97 Å². The van der Waals surface area contributed by atoms with Crippen molar-refractivity contribution in [3.05, 3.63) is 36.3 Å². The third-order valence-corrected chi connectivity index (χ3v) is 3.19. The van der Waals surface area contributed by atoms with E-state index in [1.165, 1.54) is 18.3 Å². The number of hydrogen-bond donors (Lipinski definition) is 2. The van der Waals surface area contributed by atoms with Gasteiger partial charge in [-0.3, -0.25) is 0 Å². The first-order chi connectivity index (χ1) is 11.9. The molecule has 1 aromatic carbocycles. The van der Waals surface area contributed by atoms with Crippen molar-refractivity contribution in [3.8, 4) is 23.1 Å². The van der Waals surface area contributed by atoms with Crippen molar-refractivity contribution in [3.63, 3.8) is 0 Å². The van der Waals surface area contributed by atoms with E-state index < -0.39 is 18.0 Å². The van der Waals surface area contributed by atoms with Gasteiger partial charge in [-0.2, -0.15) is 0 Å². The van der Waals surface area contributed by atoms with E-state index in [2.05, 4.69) is 9.97 Å². The van der Waals surface area contributed by atoms with Gasteiger partial charge in [-0.05, 0) is 19.1 Å². The number of ether oxygens (including phenoxy) is 2. The van der Waals surface area contributed by atoms with Crippen molar-refractivity contribution in [2.75, 3.05) is 6.61 Å². The Morgan fingerprint density at radius 2 is 2.24 bits per heavy atom. The van der Waals surface area contributed by atoms with Gasteiger partial charge in [0.05, 0.1) is 6.20 Å². The number of primary amides is 1. The highest BCUT2D eigenvalue weighted by molar-refractivity contribution is 5.77. The summed E-state index contributed by atoms with van der Waals surface area (Å²) in [6.45, 7) is 1.57. The van der Waals surface area contributed by atoms with Crippen LogP contribution in [0.15, 0.2) is 34.9 Å². The van der Waals surface area contributed by atoms with Gasteiger partial charge in [-0.15, -0.1) is 0 Å². The molecule has 0 saturated heterocycles. The predicted molar refractivity (Wildman–Crippen MR) is 84.5 cm³/mol. The van der Waals surface area contributed by atoms with Crippen LogP contribution >= 0.6 is 0 Å². The van der Waals surface area contributed by atoms with Crippen molar-refractivity contribution < 1.29 is 28.2 Å². The van der Waals surface area contributed by atoms with E-state index in [1.54, 1.807) is 13.0 Å². The number of pyridine rings is 1. The number of halogens is 1. The Labute approximate surface area is 141 Å². The lowest BCUT2D eigenvalue weighted by molar-refractivity contribution is 0.0821. The average molecular weight is 347 g/mol. The van der Waals surface area contributed by atoms with E-state index in [0.717, 1.165) is 6.07 Å². The standard InChI is InChI=1S/C16H14FN3O5/c1-8(24-16(18)22)7-23-10-5-11(17)14(19-6-10)15-20-12-3-2-9(21)4-13(12)25-15/h2-6,8,21H,7H2,1H3,(H2,18,22)/t8-/m0/s1. The van der Waals surface area contributed by atoms with Crippen molar-refractivity contribution in [2.24, 2.45) is 5.73 Å². The van der Waals surface area contributed by atoms with Gasteiger partial charge >= 0.3 is 6.09 Å². The van der Waals surface area contributed by atoms with Crippen molar-refractivity contribution >= 4 is 17.2 Å². The molecule has 0 aliphatic carbocycles. The second-order valence-electron chi connectivity index (χ2n) is 5.23. The maximum Gasteiger partial charge on any atom is 0.404 e. The quantitative estimate of drug-likeness (QED) is 0.727. The van der Waals surface area contributed by atoms with Gasteiger partial charge in [0.15, 0.2) is 17.1 Å². The first kappa shape index (κ1) is 16.5. The van der Waals surface area contributed by atoms with Crippen LogP contribution in [0.1, 0.15) is 6.92 Å². The normalized spacial score (nSPS) is 12.1. The largest absolute Gasteiger partial charge is 0.508 e. The van der Waals surface area contributed by atoms with Gasteiger partial charge < -0.3 is 24.7 Å². The molecule has 25 heavy (non-hydrogen) atoms. The molecule has 8 nitrogen and oxygen atoms in total. The summed E-state index contributed by atoms with van der Waals surface area (Å²) in [7, 11) is 0. The Hall–Kier alpha value is -3.36. The predicted octanol–water partition coefficient (Wildman–Crippen LogP) is 2.60. The lowest BCUT2D eigenvalue weighted by Crippen LogP contribution is -2.25. The van der Waals surface area contributed by atoms with Crippen LogP contribution in [-0.4, -0.2) is 33.9 Å². The van der Waals surface area contributed by atoms with Crippen LogP contribution < -0.4 is 10.5 Å². The first-order valence-corrected chi connectivity index (χ1v) is 7.26. The summed E-state index contributed by atoms with van der Waals surface area (Å²) in [5, 5.41) is 9.43. The molecule has 0 unspecified atom stereocenters. The molecular formula is C16H14FN3O5. The molecule has 3 N–H and O–H groups in total. The molecule has 3 aromatic rings. The number of fused-ring (bicyclic) bond motifs is 1. The monoisotopic (exact) mass is 347 g/mol. The smallest absolute Gasteiger partial charge is 0.404 e. The topological polar surface area (TPSA) is 121 Å². The molecule has 9 heteroatoms. The van der Waals surface area contributed by atoms with Gasteiger partial charge in [0.25, 0.3) is 0 Å². The minimum absolute atomic E-state index is 0.00836. The number of aromatic nitrogens is 2. The fraction of sp³-hybridized carbons (Fsp3) is 0.188. The van der Waals surface area contributed by atoms with Crippen LogP contribution in [0.3, 0.4) is 0 Å². The van der Waals surface area contributed by atoms with Crippen LogP contribution in [0.5, 0.6) is 11.5 Å². The number of phenolic OH excluding ortho intramolecular Hbond substituents is 1. The van der Waals surface area contributed by atoms with E-state index in [4.69, 9.17) is 19.6 Å². The molecule has 0 aliphatic heterocycles. The van der Waals surface area contributed by atoms with Crippen LogP contribution in [0.25, 0.3) is 22.7 Å². The van der Waals surface area contributed by atoms with Gasteiger partial charge in [-0.25, -0.2) is 19.2 Å². The Morgan fingerprint density at radius 1 is 1.44 bits per heavy atom. The van der Waals surface area contributed by atoms with Crippen LogP contribution in [0.4, 0.5) is 9.18 Å². The van der Waals surface area contributed by atoms with E-state index >= 15 is 0 Å². The molecule has 1 amide bonds. The summed E-state index contributed by atoms with van der Waals surface area (Å²) >= 11 is 0. The Morgan fingerprint density at radius 3 is 2.96 bits per heavy atom. The lowest BCUT2D eigenvalue weighted by atomic mass is 10.3. The zero-order chi connectivity index (χ0) is 18.0. The van der Waals surface area contributed by atoms with Crippen LogP contribution in [-0.2, 0) is 4.74 Å². The van der Waals surface area contributed by atoms with Crippen LogP contribution in [0, 0.1) is 5.82 Å². The van der Waals surface area contributed by atoms with Crippen molar-refractivity contribution in [1.29, 1.82) is 0 Å². The molecule has 0 fully saturated rings. The molecule has 2 aromatic heterocycles. The summed E-state index contributed by atoms with van der Waals surface area (Å²) in [4.78, 5) is 18.7. The number of carbonyl (C=O) groups is 1. The van der Waals surface area contributed by atoms with Gasteiger partial charge in [0, 0.05) is 12.1 Å². The summed E-state index contributed by atoms with van der Waals surface area (Å²) in [5.74, 6) is -0.554. The fourth-order valence-corrected chi connectivity index (χ4v) is 2.12. The Kier molecular flexibility index (Phi) is 4.38. The molecule has 0 saturated carbocycles. The van der Waals surface area contributed by atoms with Gasteiger partial charge in [0.2, 0.25) is 5.89 Å². The minimum Gasteiger partial charge on any atom is -0.508 e. The summed E-state index contributed by atoms with van der Waals surface area (Å²) in [5.41, 5.74) is 5.58. The molecule has 0 bridgehead atoms. The van der Waals surface area contributed by atoms with E-state index in [9.17, 15) is 14.3 Å². The van der Waals surface area contributed by atoms with Gasteiger partial charge in [0.1, 0.15) is 29.7 Å². The number of carbonyl (C=O) groups excluding carboxylic acids is 1. The summed E-state index contributed by atoms with van der Waals surface area (Å²) in [6, 6.07) is 5.49. The number of aromatic hydroxyl groups is 1. The lowest BCUT2D eigenvalue weighted by Gasteiger charge is -2.12. The summed E-state index contributed by atoms with van der Waals surface area (Å²) in [6.07, 6.45) is -0.218. The number of nitrogens with zero attached hydrogens (tertiary/aromatic N) is 2. The van der Waals surface area contributed by atoms with Crippen LogP contribution in [0.2, 0.25) is 0 Å². The number of hydrogen-bond acceptors (Lipinski definition) is 7. The third-order valence-electron chi connectivity index (χ3n) is 3.19. The molecule has 1 atom stereocenters. The Bertz CT molecular complexity index is 927. The number of rotatable bonds is 5. The Balaban J connectivity index is 1.78. The highest BCUT2D eigenvalue weighted by Gasteiger charge is 2.16. The van der Waals surface area contributed by atoms with E-state index in [-0.39, 0.29) is 29.7 Å². The first-order valence-electron chi connectivity index (χ1n) is 7.26. The fourth-order valence-electron chi connectivity index (χ4n) is 2.12. The average Bonchev–Trinajstić information content (AvgIpc) is 2.95. The highest BCUT2D eigenvalue weighted by atomic mass is 19.1. The van der Waals surface area contributed by atoms with Gasteiger partial charge in [-0.1, -0.05) is 0 Å². The zero-order valence-corrected chi connectivity index (χ0v) is 13.1. The molecule has 0 spiro atoms.